The fourth-order valence-electron chi connectivity index (χ4n) is 2.29. The summed E-state index contributed by atoms with van der Waals surface area (Å²) in [6, 6.07) is 10.7. The van der Waals surface area contributed by atoms with Crippen molar-refractivity contribution in [1.82, 2.24) is 5.32 Å². The van der Waals surface area contributed by atoms with E-state index in [0.29, 0.717) is 6.54 Å². The van der Waals surface area contributed by atoms with Crippen LogP contribution in [0.3, 0.4) is 0 Å². The van der Waals surface area contributed by atoms with Crippen LogP contribution in [0.5, 0.6) is 0 Å². The predicted octanol–water partition coefficient (Wildman–Crippen LogP) is 2.08. The number of hydrogen-bond acceptors (Lipinski definition) is 3. The third kappa shape index (κ3) is 5.31. The Labute approximate surface area is 116 Å². The summed E-state index contributed by atoms with van der Waals surface area (Å²) >= 11 is 0. The summed E-state index contributed by atoms with van der Waals surface area (Å²) in [5, 5.41) is 22.1. The monoisotopic (exact) mass is 265 g/mol. The molecule has 1 rings (SSSR count). The van der Waals surface area contributed by atoms with Gasteiger partial charge in [0, 0.05) is 12.6 Å². The lowest BCUT2D eigenvalue weighted by molar-refractivity contribution is 0.000558. The molecule has 0 aromatic heterocycles. The van der Waals surface area contributed by atoms with E-state index < -0.39 is 5.60 Å². The van der Waals surface area contributed by atoms with Crippen molar-refractivity contribution in [2.75, 3.05) is 13.2 Å². The zero-order chi connectivity index (χ0) is 14.5. The normalized spacial score (nSPS) is 16.9. The van der Waals surface area contributed by atoms with Crippen LogP contribution >= 0.6 is 0 Å². The Balaban J connectivity index is 2.54. The summed E-state index contributed by atoms with van der Waals surface area (Å²) in [6.45, 7) is 8.37. The standard InChI is InChI=1S/C16H27NO2/c1-13(17-11-16(4,19)12-18)10-15(2,3)14-8-6-5-7-9-14/h5-9,13,17-19H,10-12H2,1-4H3. The number of aliphatic hydroxyl groups excluding tert-OH is 1. The molecule has 0 aliphatic heterocycles. The molecule has 0 aliphatic carbocycles. The van der Waals surface area contributed by atoms with Gasteiger partial charge in [0.15, 0.2) is 0 Å². The second kappa shape index (κ2) is 6.51. The Kier molecular flexibility index (Phi) is 5.53. The smallest absolute Gasteiger partial charge is 0.0972 e. The van der Waals surface area contributed by atoms with E-state index in [1.807, 2.05) is 6.07 Å². The van der Waals surface area contributed by atoms with Crippen molar-refractivity contribution in [2.45, 2.75) is 51.2 Å². The molecule has 1 aromatic rings. The fourth-order valence-corrected chi connectivity index (χ4v) is 2.29. The van der Waals surface area contributed by atoms with Crippen LogP contribution in [0.4, 0.5) is 0 Å². The Morgan fingerprint density at radius 2 is 1.74 bits per heavy atom. The number of aliphatic hydroxyl groups is 2. The first-order valence-corrected chi connectivity index (χ1v) is 6.89. The highest BCUT2D eigenvalue weighted by Gasteiger charge is 2.25. The lowest BCUT2D eigenvalue weighted by Gasteiger charge is -2.31. The number of benzene rings is 1. The van der Waals surface area contributed by atoms with Crippen molar-refractivity contribution in [3.05, 3.63) is 35.9 Å². The molecular formula is C16H27NO2. The molecule has 0 saturated heterocycles. The minimum atomic E-state index is -1.05. The number of rotatable bonds is 7. The van der Waals surface area contributed by atoms with Gasteiger partial charge in [0.1, 0.15) is 0 Å². The van der Waals surface area contributed by atoms with Crippen molar-refractivity contribution in [2.24, 2.45) is 0 Å². The summed E-state index contributed by atoms with van der Waals surface area (Å²) in [7, 11) is 0. The van der Waals surface area contributed by atoms with E-state index in [2.05, 4.69) is 50.4 Å². The van der Waals surface area contributed by atoms with E-state index in [1.165, 1.54) is 5.56 Å². The van der Waals surface area contributed by atoms with Gasteiger partial charge in [0.2, 0.25) is 0 Å². The van der Waals surface area contributed by atoms with Gasteiger partial charge in [0.25, 0.3) is 0 Å². The Hall–Kier alpha value is -0.900. The summed E-state index contributed by atoms with van der Waals surface area (Å²) < 4.78 is 0. The highest BCUT2D eigenvalue weighted by Crippen LogP contribution is 2.28. The van der Waals surface area contributed by atoms with E-state index in [4.69, 9.17) is 5.11 Å². The van der Waals surface area contributed by atoms with Crippen molar-refractivity contribution < 1.29 is 10.2 Å². The van der Waals surface area contributed by atoms with Crippen LogP contribution in [-0.2, 0) is 5.41 Å². The molecule has 19 heavy (non-hydrogen) atoms. The third-order valence-corrected chi connectivity index (χ3v) is 3.54. The molecule has 0 fully saturated rings. The quantitative estimate of drug-likeness (QED) is 0.707. The van der Waals surface area contributed by atoms with Crippen molar-refractivity contribution in [3.8, 4) is 0 Å². The summed E-state index contributed by atoms with van der Waals surface area (Å²) in [5.74, 6) is 0. The molecule has 0 spiro atoms. The zero-order valence-corrected chi connectivity index (χ0v) is 12.5. The minimum absolute atomic E-state index is 0.0821. The second-order valence-corrected chi connectivity index (χ2v) is 6.39. The molecule has 2 atom stereocenters. The first kappa shape index (κ1) is 16.2. The van der Waals surface area contributed by atoms with E-state index in [0.717, 1.165) is 6.42 Å². The van der Waals surface area contributed by atoms with E-state index >= 15 is 0 Å². The topological polar surface area (TPSA) is 52.5 Å². The lowest BCUT2D eigenvalue weighted by atomic mass is 9.79. The minimum Gasteiger partial charge on any atom is -0.393 e. The van der Waals surface area contributed by atoms with Gasteiger partial charge in [-0.2, -0.15) is 0 Å². The SMILES string of the molecule is CC(CC(C)(C)c1ccccc1)NCC(C)(O)CO. The molecule has 1 aromatic carbocycles. The molecular weight excluding hydrogens is 238 g/mol. The highest BCUT2D eigenvalue weighted by atomic mass is 16.3. The molecule has 0 radical (unpaired) electrons. The van der Waals surface area contributed by atoms with Crippen molar-refractivity contribution >= 4 is 0 Å². The molecule has 3 heteroatoms. The average molecular weight is 265 g/mol. The highest BCUT2D eigenvalue weighted by molar-refractivity contribution is 5.23. The maximum absolute atomic E-state index is 9.77. The van der Waals surface area contributed by atoms with Crippen molar-refractivity contribution in [1.29, 1.82) is 0 Å². The van der Waals surface area contributed by atoms with Gasteiger partial charge in [0.05, 0.1) is 12.2 Å². The van der Waals surface area contributed by atoms with Gasteiger partial charge >= 0.3 is 0 Å². The molecule has 3 nitrogen and oxygen atoms in total. The lowest BCUT2D eigenvalue weighted by Crippen LogP contribution is -2.45. The van der Waals surface area contributed by atoms with Crippen LogP contribution in [0.25, 0.3) is 0 Å². The predicted molar refractivity (Wildman–Crippen MR) is 79.3 cm³/mol. The maximum Gasteiger partial charge on any atom is 0.0972 e. The van der Waals surface area contributed by atoms with Gasteiger partial charge < -0.3 is 15.5 Å². The van der Waals surface area contributed by atoms with E-state index in [1.54, 1.807) is 6.92 Å². The van der Waals surface area contributed by atoms with Crippen LogP contribution in [0.15, 0.2) is 30.3 Å². The van der Waals surface area contributed by atoms with Gasteiger partial charge in [-0.05, 0) is 31.2 Å². The Morgan fingerprint density at radius 1 is 1.16 bits per heavy atom. The molecule has 0 aliphatic rings. The van der Waals surface area contributed by atoms with Crippen molar-refractivity contribution in [3.63, 3.8) is 0 Å². The number of hydrogen-bond donors (Lipinski definition) is 3. The van der Waals surface area contributed by atoms with Crippen LogP contribution < -0.4 is 5.32 Å². The van der Waals surface area contributed by atoms with Gasteiger partial charge in [-0.3, -0.25) is 0 Å². The second-order valence-electron chi connectivity index (χ2n) is 6.39. The van der Waals surface area contributed by atoms with Crippen LogP contribution in [0, 0.1) is 0 Å². The maximum atomic E-state index is 9.77. The molecule has 2 unspecified atom stereocenters. The Morgan fingerprint density at radius 3 is 2.26 bits per heavy atom. The number of nitrogens with one attached hydrogen (secondary N) is 1. The van der Waals surface area contributed by atoms with Crippen LogP contribution in [0.1, 0.15) is 39.7 Å². The Bertz CT molecular complexity index is 374. The molecule has 0 heterocycles. The van der Waals surface area contributed by atoms with E-state index in [9.17, 15) is 5.11 Å². The molecule has 108 valence electrons. The van der Waals surface area contributed by atoms with Gasteiger partial charge in [-0.25, -0.2) is 0 Å². The summed E-state index contributed by atoms with van der Waals surface area (Å²) in [4.78, 5) is 0. The summed E-state index contributed by atoms with van der Waals surface area (Å²) in [5.41, 5.74) is 0.349. The molecule has 0 saturated carbocycles. The van der Waals surface area contributed by atoms with Gasteiger partial charge in [-0.15, -0.1) is 0 Å². The largest absolute Gasteiger partial charge is 0.393 e. The van der Waals surface area contributed by atoms with Gasteiger partial charge in [-0.1, -0.05) is 44.2 Å². The molecule has 3 N–H and O–H groups in total. The zero-order valence-electron chi connectivity index (χ0n) is 12.5. The summed E-state index contributed by atoms with van der Waals surface area (Å²) in [6.07, 6.45) is 0.971. The first-order valence-electron chi connectivity index (χ1n) is 6.89. The van der Waals surface area contributed by atoms with Crippen LogP contribution in [0.2, 0.25) is 0 Å². The third-order valence-electron chi connectivity index (χ3n) is 3.54. The first-order chi connectivity index (χ1) is 8.77. The fraction of sp³-hybridized carbons (Fsp3) is 0.625. The molecule has 0 bridgehead atoms. The molecule has 0 amide bonds. The van der Waals surface area contributed by atoms with E-state index in [-0.39, 0.29) is 18.1 Å². The average Bonchev–Trinajstić information content (AvgIpc) is 2.37. The van der Waals surface area contributed by atoms with Crippen LogP contribution in [-0.4, -0.2) is 35.0 Å².